The summed E-state index contributed by atoms with van der Waals surface area (Å²) in [6.45, 7) is 1.49. The minimum Gasteiger partial charge on any atom is -0.341 e. The van der Waals surface area contributed by atoms with Gasteiger partial charge >= 0.3 is 0 Å². The van der Waals surface area contributed by atoms with Crippen LogP contribution in [-0.4, -0.2) is 45.3 Å². The van der Waals surface area contributed by atoms with E-state index >= 15 is 0 Å². The molecule has 35 heavy (non-hydrogen) atoms. The van der Waals surface area contributed by atoms with E-state index in [0.29, 0.717) is 12.1 Å². The Morgan fingerprint density at radius 1 is 1.14 bits per heavy atom. The Labute approximate surface area is 203 Å². The number of carbonyl (C=O) groups excluding carboxylic acids is 1. The Morgan fingerprint density at radius 3 is 2.57 bits per heavy atom. The highest BCUT2D eigenvalue weighted by Crippen LogP contribution is 2.26. The van der Waals surface area contributed by atoms with Crippen LogP contribution in [0.5, 0.6) is 0 Å². The molecular formula is C27H25N5O3. The van der Waals surface area contributed by atoms with Crippen LogP contribution in [0.4, 0.5) is 5.69 Å². The molecule has 8 nitrogen and oxygen atoms in total. The van der Waals surface area contributed by atoms with Crippen LogP contribution < -0.4 is 5.32 Å². The molecule has 0 unspecified atom stereocenters. The minimum atomic E-state index is -0.396. The molecule has 0 aliphatic carbocycles. The van der Waals surface area contributed by atoms with Gasteiger partial charge in [0.15, 0.2) is 0 Å². The van der Waals surface area contributed by atoms with Crippen LogP contribution in [0.15, 0.2) is 72.9 Å². The smallest absolute Gasteiger partial charge is 0.269 e. The van der Waals surface area contributed by atoms with E-state index in [1.54, 1.807) is 24.4 Å². The van der Waals surface area contributed by atoms with Crippen LogP contribution in [0, 0.1) is 22.5 Å². The van der Waals surface area contributed by atoms with Crippen molar-refractivity contribution in [2.24, 2.45) is 0 Å². The summed E-state index contributed by atoms with van der Waals surface area (Å²) in [7, 11) is 2.02. The van der Waals surface area contributed by atoms with Crippen LogP contribution in [-0.2, 0) is 13.0 Å². The number of non-ortho nitro benzene ring substituents is 1. The predicted octanol–water partition coefficient (Wildman–Crippen LogP) is 3.95. The van der Waals surface area contributed by atoms with Crippen molar-refractivity contribution in [2.45, 2.75) is 13.0 Å². The van der Waals surface area contributed by atoms with E-state index in [4.69, 9.17) is 11.4 Å². The first-order valence-corrected chi connectivity index (χ1v) is 11.2. The Kier molecular flexibility index (Phi) is 7.19. The number of amides is 1. The maximum atomic E-state index is 12.5. The summed E-state index contributed by atoms with van der Waals surface area (Å²) in [6, 6.07) is 20.1. The van der Waals surface area contributed by atoms with Crippen molar-refractivity contribution in [3.8, 4) is 23.6 Å². The number of imidazole rings is 1. The fourth-order valence-electron chi connectivity index (χ4n) is 3.88. The topological polar surface area (TPSA) is 92.8 Å². The van der Waals surface area contributed by atoms with Gasteiger partial charge in [0.25, 0.3) is 11.6 Å². The molecule has 8 heteroatoms. The highest BCUT2D eigenvalue weighted by Gasteiger charge is 2.17. The number of aromatic nitrogens is 2. The Balaban J connectivity index is 1.61. The van der Waals surface area contributed by atoms with Crippen LogP contribution >= 0.6 is 0 Å². The van der Waals surface area contributed by atoms with Crippen molar-refractivity contribution >= 4 is 17.2 Å². The highest BCUT2D eigenvalue weighted by atomic mass is 16.6. The van der Waals surface area contributed by atoms with Gasteiger partial charge in [-0.15, -0.1) is 6.42 Å². The van der Waals surface area contributed by atoms with Crippen LogP contribution in [0.3, 0.4) is 0 Å². The molecule has 0 spiro atoms. The zero-order chi connectivity index (χ0) is 24.8. The second-order valence-corrected chi connectivity index (χ2v) is 8.22. The second-order valence-electron chi connectivity index (χ2n) is 8.22. The van der Waals surface area contributed by atoms with Gasteiger partial charge < -0.3 is 14.6 Å². The highest BCUT2D eigenvalue weighted by molar-refractivity contribution is 5.94. The van der Waals surface area contributed by atoms with E-state index in [1.807, 2.05) is 47.8 Å². The molecule has 4 aromatic rings. The quantitative estimate of drug-likeness (QED) is 0.229. The fourth-order valence-corrected chi connectivity index (χ4v) is 3.88. The lowest BCUT2D eigenvalue weighted by Crippen LogP contribution is -2.24. The molecule has 1 amide bonds. The maximum Gasteiger partial charge on any atom is 0.269 e. The van der Waals surface area contributed by atoms with Gasteiger partial charge in [-0.3, -0.25) is 14.9 Å². The Morgan fingerprint density at radius 2 is 1.89 bits per heavy atom. The van der Waals surface area contributed by atoms with Crippen molar-refractivity contribution in [2.75, 3.05) is 20.1 Å². The van der Waals surface area contributed by atoms with Gasteiger partial charge in [-0.2, -0.15) is 0 Å². The first-order valence-electron chi connectivity index (χ1n) is 11.2. The van der Waals surface area contributed by atoms with Gasteiger partial charge in [0.2, 0.25) is 0 Å². The number of hydrogen-bond acceptors (Lipinski definition) is 5. The van der Waals surface area contributed by atoms with Crippen LogP contribution in [0.25, 0.3) is 16.9 Å². The minimum absolute atomic E-state index is 0.0856. The normalized spacial score (nSPS) is 10.9. The van der Waals surface area contributed by atoms with Crippen molar-refractivity contribution in [1.29, 1.82) is 0 Å². The molecule has 4 rings (SSSR count). The van der Waals surface area contributed by atoms with Gasteiger partial charge in [0, 0.05) is 37.0 Å². The number of rotatable bonds is 9. The second kappa shape index (κ2) is 10.6. The molecule has 0 saturated heterocycles. The van der Waals surface area contributed by atoms with Gasteiger partial charge in [-0.25, -0.2) is 4.98 Å². The van der Waals surface area contributed by atoms with Crippen molar-refractivity contribution in [3.05, 3.63) is 99.9 Å². The third kappa shape index (κ3) is 5.54. The molecule has 0 aliphatic heterocycles. The van der Waals surface area contributed by atoms with Gasteiger partial charge in [-0.1, -0.05) is 48.4 Å². The number of nitro groups is 1. The molecule has 2 aromatic carbocycles. The molecule has 0 aliphatic rings. The lowest BCUT2D eigenvalue weighted by Gasteiger charge is -2.18. The average Bonchev–Trinajstić information content (AvgIpc) is 3.24. The molecule has 0 atom stereocenters. The SMILES string of the molecule is C#CCNC(=O)c1ccc2nc(-c3ccccc3)c(CN(C)CCc3ccc([N+](=O)[O-])cc3)n2c1. The molecule has 0 fully saturated rings. The summed E-state index contributed by atoms with van der Waals surface area (Å²) < 4.78 is 1.95. The van der Waals surface area contributed by atoms with E-state index < -0.39 is 4.92 Å². The van der Waals surface area contributed by atoms with Crippen molar-refractivity contribution in [3.63, 3.8) is 0 Å². The fraction of sp³-hybridized carbons (Fsp3) is 0.185. The number of nitrogens with zero attached hydrogens (tertiary/aromatic N) is 4. The molecule has 2 heterocycles. The van der Waals surface area contributed by atoms with E-state index in [-0.39, 0.29) is 18.1 Å². The summed E-state index contributed by atoms with van der Waals surface area (Å²) >= 11 is 0. The number of terminal acetylenes is 1. The van der Waals surface area contributed by atoms with Crippen LogP contribution in [0.2, 0.25) is 0 Å². The lowest BCUT2D eigenvalue weighted by molar-refractivity contribution is -0.384. The van der Waals surface area contributed by atoms with E-state index in [9.17, 15) is 14.9 Å². The summed E-state index contributed by atoms with van der Waals surface area (Å²) in [4.78, 5) is 30.0. The van der Waals surface area contributed by atoms with Gasteiger partial charge in [0.05, 0.1) is 28.4 Å². The van der Waals surface area contributed by atoms with Gasteiger partial charge in [-0.05, 0) is 31.2 Å². The van der Waals surface area contributed by atoms with E-state index in [0.717, 1.165) is 41.1 Å². The number of pyridine rings is 1. The largest absolute Gasteiger partial charge is 0.341 e. The standard InChI is InChI=1S/C27H25N5O3/c1-3-16-28-27(33)22-11-14-25-29-26(21-7-5-4-6-8-21)24(31(25)18-22)19-30(2)17-15-20-9-12-23(13-10-20)32(34)35/h1,4-14,18H,15-17,19H2,2H3,(H,28,33). The predicted molar refractivity (Wildman–Crippen MR) is 135 cm³/mol. The number of likely N-dealkylation sites (N-methyl/N-ethyl adjacent to an activating group) is 1. The maximum absolute atomic E-state index is 12.5. The van der Waals surface area contributed by atoms with E-state index in [1.165, 1.54) is 12.1 Å². The third-order valence-corrected chi connectivity index (χ3v) is 5.73. The number of nitrogens with one attached hydrogen (secondary N) is 1. The Hall–Kier alpha value is -4.48. The number of nitro benzene ring substituents is 1. The Bertz CT molecular complexity index is 1390. The number of fused-ring (bicyclic) bond motifs is 1. The first-order chi connectivity index (χ1) is 17.0. The van der Waals surface area contributed by atoms with Crippen molar-refractivity contribution < 1.29 is 9.72 Å². The van der Waals surface area contributed by atoms with E-state index in [2.05, 4.69) is 16.1 Å². The average molecular weight is 468 g/mol. The lowest BCUT2D eigenvalue weighted by atomic mass is 10.1. The molecular weight excluding hydrogens is 442 g/mol. The molecule has 0 saturated carbocycles. The zero-order valence-electron chi connectivity index (χ0n) is 19.3. The molecule has 1 N–H and O–H groups in total. The molecule has 0 radical (unpaired) electrons. The summed E-state index contributed by atoms with van der Waals surface area (Å²) in [5.74, 6) is 2.18. The molecule has 0 bridgehead atoms. The number of hydrogen-bond donors (Lipinski definition) is 1. The monoisotopic (exact) mass is 467 g/mol. The van der Waals surface area contributed by atoms with Crippen molar-refractivity contribution in [1.82, 2.24) is 19.6 Å². The molecule has 176 valence electrons. The molecule has 2 aromatic heterocycles. The van der Waals surface area contributed by atoms with Crippen LogP contribution in [0.1, 0.15) is 21.6 Å². The first kappa shape index (κ1) is 23.7. The third-order valence-electron chi connectivity index (χ3n) is 5.73. The zero-order valence-corrected chi connectivity index (χ0v) is 19.3. The number of benzene rings is 2. The summed E-state index contributed by atoms with van der Waals surface area (Å²) in [6.07, 6.45) is 7.80. The van der Waals surface area contributed by atoms with Gasteiger partial charge in [0.1, 0.15) is 5.65 Å². The number of carbonyl (C=O) groups is 1. The summed E-state index contributed by atoms with van der Waals surface area (Å²) in [5, 5.41) is 13.6. The summed E-state index contributed by atoms with van der Waals surface area (Å²) in [5.41, 5.74) is 5.17.